The van der Waals surface area contributed by atoms with Gasteiger partial charge in [-0.3, -0.25) is 9.62 Å². The molecule has 8 nitrogen and oxygen atoms in total. The van der Waals surface area contributed by atoms with Crippen LogP contribution in [0.5, 0.6) is 0 Å². The molecule has 1 aliphatic rings. The van der Waals surface area contributed by atoms with Crippen molar-refractivity contribution < 1.29 is 45.4 Å². The number of rotatable bonds is 7. The Morgan fingerprint density at radius 2 is 1.74 bits per heavy atom. The molecule has 0 spiro atoms. The first-order valence-corrected chi connectivity index (χ1v) is 11.7. The molecule has 1 heterocycles. The molecule has 1 aliphatic heterocycles. The minimum atomic E-state index is -4.76. The molecule has 13 heteroatoms. The molecule has 0 bridgehead atoms. The van der Waals surface area contributed by atoms with Crippen molar-refractivity contribution in [2.75, 3.05) is 16.2 Å². The van der Waals surface area contributed by atoms with Crippen LogP contribution in [0, 0.1) is 30.2 Å². The summed E-state index contributed by atoms with van der Waals surface area (Å²) in [5.41, 5.74) is -3.16. The van der Waals surface area contributed by atoms with Gasteiger partial charge in [-0.25, -0.2) is 35.6 Å². The highest BCUT2D eigenvalue weighted by Crippen LogP contribution is 2.40. The lowest BCUT2D eigenvalue weighted by molar-refractivity contribution is 0.0682. The molecule has 1 atom stereocenters. The van der Waals surface area contributed by atoms with Gasteiger partial charge < -0.3 is 9.84 Å². The molecule has 0 radical (unpaired) electrons. The van der Waals surface area contributed by atoms with Gasteiger partial charge in [0.25, 0.3) is 0 Å². The topological polar surface area (TPSA) is 113 Å². The summed E-state index contributed by atoms with van der Waals surface area (Å²) in [6.45, 7) is 4.16. The van der Waals surface area contributed by atoms with E-state index < -0.39 is 79.6 Å². The van der Waals surface area contributed by atoms with Crippen molar-refractivity contribution in [1.29, 1.82) is 0 Å². The first-order chi connectivity index (χ1) is 15.8. The Hall–Kier alpha value is -3.35. The van der Waals surface area contributed by atoms with Gasteiger partial charge in [-0.05, 0) is 32.4 Å². The molecule has 2 aromatic rings. The maximum absolute atomic E-state index is 14.2. The molecule has 184 valence electrons. The van der Waals surface area contributed by atoms with Crippen molar-refractivity contribution in [1.82, 2.24) is 0 Å². The van der Waals surface area contributed by atoms with Crippen LogP contribution in [0.15, 0.2) is 12.1 Å². The highest BCUT2D eigenvalue weighted by atomic mass is 32.2. The molecule has 34 heavy (non-hydrogen) atoms. The molecule has 2 aromatic carbocycles. The van der Waals surface area contributed by atoms with Crippen molar-refractivity contribution in [3.8, 4) is 0 Å². The van der Waals surface area contributed by atoms with Gasteiger partial charge in [0.2, 0.25) is 10.0 Å². The third kappa shape index (κ3) is 4.39. The van der Waals surface area contributed by atoms with Gasteiger partial charge in [-0.2, -0.15) is 0 Å². The molecule has 0 aromatic heterocycles. The number of carbonyl (C=O) groups excluding carboxylic acids is 1. The fourth-order valence-corrected chi connectivity index (χ4v) is 4.90. The summed E-state index contributed by atoms with van der Waals surface area (Å²) in [5, 5.41) is 9.79. The molecule has 1 amide bonds. The molecule has 0 saturated heterocycles. The number of anilines is 2. The van der Waals surface area contributed by atoms with E-state index in [1.54, 1.807) is 6.92 Å². The van der Waals surface area contributed by atoms with Crippen LogP contribution in [-0.2, 0) is 20.5 Å². The minimum Gasteiger partial charge on any atom is -0.478 e. The normalized spacial score (nSPS) is 15.7. The number of carboxylic acid groups (broad SMARTS) is 1. The number of carboxylic acids is 1. The fraction of sp³-hybridized carbons (Fsp3) is 0.333. The number of carbonyl (C=O) groups is 2. The van der Waals surface area contributed by atoms with Crippen molar-refractivity contribution in [2.45, 2.75) is 39.0 Å². The SMILES string of the molecule is CCCN1C(=O)OC(C)c2c1ccc(NS(=O)(=O)Cc1c(F)c(F)c(C)c(F)c1F)c2C(=O)O. The second-order valence-corrected chi connectivity index (χ2v) is 9.35. The summed E-state index contributed by atoms with van der Waals surface area (Å²) < 4.78 is 88.4. The van der Waals surface area contributed by atoms with Crippen LogP contribution in [-0.4, -0.2) is 32.1 Å². The first kappa shape index (κ1) is 25.3. The standard InChI is InChI=1S/C21H20F4N2O6S/c1-4-7-27-13-6-5-12(15(20(28)29)14(13)10(3)33-21(27)30)26-34(31,32)8-11-18(24)16(22)9(2)17(23)19(11)25/h5-6,10,26H,4,7-8H2,1-3H3,(H,28,29). The predicted molar refractivity (Wildman–Crippen MR) is 113 cm³/mol. The third-order valence-electron chi connectivity index (χ3n) is 5.25. The van der Waals surface area contributed by atoms with Crippen LogP contribution in [0.4, 0.5) is 33.7 Å². The second kappa shape index (κ2) is 9.12. The van der Waals surface area contributed by atoms with Crippen LogP contribution in [0.25, 0.3) is 0 Å². The van der Waals surface area contributed by atoms with E-state index in [0.29, 0.717) is 6.42 Å². The predicted octanol–water partition coefficient (Wildman–Crippen LogP) is 4.62. The molecule has 0 aliphatic carbocycles. The zero-order chi connectivity index (χ0) is 25.5. The Labute approximate surface area is 192 Å². The summed E-state index contributed by atoms with van der Waals surface area (Å²) in [6.07, 6.45) is -1.25. The zero-order valence-corrected chi connectivity index (χ0v) is 19.0. The van der Waals surface area contributed by atoms with E-state index in [1.807, 2.05) is 4.72 Å². The fourth-order valence-electron chi connectivity index (χ4n) is 3.69. The smallest absolute Gasteiger partial charge is 0.414 e. The molecule has 2 N–H and O–H groups in total. The summed E-state index contributed by atoms with van der Waals surface area (Å²) in [4.78, 5) is 25.5. The van der Waals surface area contributed by atoms with Crippen LogP contribution < -0.4 is 9.62 Å². The number of cyclic esters (lactones) is 1. The van der Waals surface area contributed by atoms with E-state index in [-0.39, 0.29) is 17.8 Å². The van der Waals surface area contributed by atoms with Crippen LogP contribution in [0.2, 0.25) is 0 Å². The lowest BCUT2D eigenvalue weighted by Crippen LogP contribution is -2.38. The number of fused-ring (bicyclic) bond motifs is 1. The number of halogens is 4. The highest BCUT2D eigenvalue weighted by molar-refractivity contribution is 7.91. The number of amides is 1. The third-order valence-corrected chi connectivity index (χ3v) is 6.45. The van der Waals surface area contributed by atoms with E-state index in [9.17, 15) is 40.7 Å². The Morgan fingerprint density at radius 3 is 2.26 bits per heavy atom. The molecule has 0 saturated carbocycles. The maximum Gasteiger partial charge on any atom is 0.414 e. The Kier molecular flexibility index (Phi) is 6.78. The van der Waals surface area contributed by atoms with Gasteiger partial charge in [0.05, 0.1) is 16.9 Å². The van der Waals surface area contributed by atoms with Gasteiger partial charge in [0.1, 0.15) is 11.9 Å². The van der Waals surface area contributed by atoms with Gasteiger partial charge in [-0.1, -0.05) is 6.92 Å². The number of nitrogens with zero attached hydrogens (tertiary/aromatic N) is 1. The molecule has 1 unspecified atom stereocenters. The maximum atomic E-state index is 14.2. The number of nitrogens with one attached hydrogen (secondary N) is 1. The number of aromatic carboxylic acids is 1. The van der Waals surface area contributed by atoms with Crippen LogP contribution in [0.3, 0.4) is 0 Å². The number of ether oxygens (including phenoxy) is 1. The number of sulfonamides is 1. The lowest BCUT2D eigenvalue weighted by atomic mass is 9.97. The van der Waals surface area contributed by atoms with Crippen LogP contribution in [0.1, 0.15) is 53.4 Å². The Balaban J connectivity index is 2.08. The number of hydrogen-bond donors (Lipinski definition) is 2. The average Bonchev–Trinajstić information content (AvgIpc) is 2.76. The van der Waals surface area contributed by atoms with Gasteiger partial charge in [-0.15, -0.1) is 0 Å². The first-order valence-electron chi connectivity index (χ1n) is 10.0. The average molecular weight is 504 g/mol. The Morgan fingerprint density at radius 1 is 1.15 bits per heavy atom. The summed E-state index contributed by atoms with van der Waals surface area (Å²) >= 11 is 0. The van der Waals surface area contributed by atoms with Crippen LogP contribution >= 0.6 is 0 Å². The van der Waals surface area contributed by atoms with E-state index in [4.69, 9.17) is 4.74 Å². The zero-order valence-electron chi connectivity index (χ0n) is 18.2. The summed E-state index contributed by atoms with van der Waals surface area (Å²) in [6, 6.07) is 2.37. The van der Waals surface area contributed by atoms with Crippen molar-refractivity contribution in [3.05, 3.63) is 57.7 Å². The summed E-state index contributed by atoms with van der Waals surface area (Å²) in [7, 11) is -4.76. The summed E-state index contributed by atoms with van der Waals surface area (Å²) in [5.74, 6) is -10.3. The quantitative estimate of drug-likeness (QED) is 0.420. The molecule has 3 rings (SSSR count). The second-order valence-electron chi connectivity index (χ2n) is 7.62. The van der Waals surface area contributed by atoms with Gasteiger partial charge in [0.15, 0.2) is 23.3 Å². The van der Waals surface area contributed by atoms with Gasteiger partial charge in [0, 0.05) is 23.2 Å². The van der Waals surface area contributed by atoms with E-state index in [0.717, 1.165) is 13.0 Å². The highest BCUT2D eigenvalue weighted by Gasteiger charge is 2.36. The largest absolute Gasteiger partial charge is 0.478 e. The van der Waals surface area contributed by atoms with Crippen molar-refractivity contribution in [3.63, 3.8) is 0 Å². The molecular formula is C21H20F4N2O6S. The van der Waals surface area contributed by atoms with Crippen molar-refractivity contribution in [2.24, 2.45) is 0 Å². The Bertz CT molecular complexity index is 1270. The van der Waals surface area contributed by atoms with E-state index >= 15 is 0 Å². The van der Waals surface area contributed by atoms with E-state index in [1.165, 1.54) is 17.9 Å². The molecule has 0 fully saturated rings. The van der Waals surface area contributed by atoms with Crippen molar-refractivity contribution >= 4 is 33.5 Å². The van der Waals surface area contributed by atoms with E-state index in [2.05, 4.69) is 0 Å². The molecular weight excluding hydrogens is 484 g/mol. The number of benzene rings is 2. The number of hydrogen-bond acceptors (Lipinski definition) is 5. The van der Waals surface area contributed by atoms with Gasteiger partial charge >= 0.3 is 12.1 Å². The monoisotopic (exact) mass is 504 g/mol. The minimum absolute atomic E-state index is 0.00513. The lowest BCUT2D eigenvalue weighted by Gasteiger charge is -2.33.